The Hall–Kier alpha value is -0.610. The van der Waals surface area contributed by atoms with Crippen LogP contribution in [-0.2, 0) is 0 Å². The van der Waals surface area contributed by atoms with Gasteiger partial charge in [0.15, 0.2) is 0 Å². The van der Waals surface area contributed by atoms with Crippen LogP contribution in [0.5, 0.6) is 0 Å². The van der Waals surface area contributed by atoms with E-state index in [1.54, 1.807) is 6.07 Å². The molecule has 1 aliphatic carbocycles. The van der Waals surface area contributed by atoms with Gasteiger partial charge in [0.2, 0.25) is 0 Å². The first-order valence-corrected chi connectivity index (χ1v) is 7.69. The Kier molecular flexibility index (Phi) is 4.85. The van der Waals surface area contributed by atoms with Crippen LogP contribution in [-0.4, -0.2) is 18.3 Å². The highest BCUT2D eigenvalue weighted by Crippen LogP contribution is 2.38. The lowest BCUT2D eigenvalue weighted by Gasteiger charge is -2.26. The van der Waals surface area contributed by atoms with Crippen molar-refractivity contribution in [3.05, 3.63) is 34.1 Å². The third kappa shape index (κ3) is 3.29. The van der Waals surface area contributed by atoms with E-state index in [1.807, 2.05) is 0 Å². The standard InChI is InChI=1S/C14H16BrClFNO/c15-12-10(4-3-5-11(12)17)13(19)18-9-14(8-16)6-1-2-7-14/h3-5H,1-2,6-9H2,(H,18,19). The zero-order valence-corrected chi connectivity index (χ0v) is 12.9. The summed E-state index contributed by atoms with van der Waals surface area (Å²) in [6.45, 7) is 0.554. The first-order chi connectivity index (χ1) is 9.08. The summed E-state index contributed by atoms with van der Waals surface area (Å²) in [7, 11) is 0. The molecule has 0 aromatic heterocycles. The third-order valence-electron chi connectivity index (χ3n) is 3.77. The molecule has 1 aliphatic rings. The molecule has 1 fully saturated rings. The Morgan fingerprint density at radius 3 is 2.74 bits per heavy atom. The smallest absolute Gasteiger partial charge is 0.252 e. The van der Waals surface area contributed by atoms with Crippen LogP contribution in [0.1, 0.15) is 36.0 Å². The van der Waals surface area contributed by atoms with E-state index in [1.165, 1.54) is 12.1 Å². The van der Waals surface area contributed by atoms with Crippen LogP contribution in [0.25, 0.3) is 0 Å². The highest BCUT2D eigenvalue weighted by molar-refractivity contribution is 9.10. The van der Waals surface area contributed by atoms with Gasteiger partial charge in [0.1, 0.15) is 5.82 Å². The predicted molar refractivity (Wildman–Crippen MR) is 78.1 cm³/mol. The molecule has 1 N–H and O–H groups in total. The molecule has 1 aromatic carbocycles. The molecule has 2 rings (SSSR count). The number of hydrogen-bond donors (Lipinski definition) is 1. The molecule has 19 heavy (non-hydrogen) atoms. The van der Waals surface area contributed by atoms with Gasteiger partial charge in [-0.2, -0.15) is 0 Å². The van der Waals surface area contributed by atoms with Crippen molar-refractivity contribution in [1.82, 2.24) is 5.32 Å². The molecule has 0 atom stereocenters. The van der Waals surface area contributed by atoms with Crippen molar-refractivity contribution in [1.29, 1.82) is 0 Å². The lowest BCUT2D eigenvalue weighted by atomic mass is 9.88. The second kappa shape index (κ2) is 6.23. The molecule has 1 amide bonds. The summed E-state index contributed by atoms with van der Waals surface area (Å²) in [5, 5.41) is 2.88. The monoisotopic (exact) mass is 347 g/mol. The van der Waals surface area contributed by atoms with E-state index in [2.05, 4.69) is 21.2 Å². The molecule has 0 saturated heterocycles. The highest BCUT2D eigenvalue weighted by Gasteiger charge is 2.33. The zero-order chi connectivity index (χ0) is 13.9. The summed E-state index contributed by atoms with van der Waals surface area (Å²) in [5.41, 5.74) is 0.333. The van der Waals surface area contributed by atoms with Gasteiger partial charge in [-0.05, 0) is 40.9 Å². The van der Waals surface area contributed by atoms with Gasteiger partial charge >= 0.3 is 0 Å². The van der Waals surface area contributed by atoms with Crippen LogP contribution < -0.4 is 5.32 Å². The molecule has 0 heterocycles. The molecule has 1 saturated carbocycles. The molecule has 5 heteroatoms. The van der Waals surface area contributed by atoms with Crippen molar-refractivity contribution in [3.63, 3.8) is 0 Å². The van der Waals surface area contributed by atoms with Gasteiger partial charge < -0.3 is 5.32 Å². The Labute approximate surface area is 125 Å². The van der Waals surface area contributed by atoms with E-state index in [0.717, 1.165) is 25.7 Å². The van der Waals surface area contributed by atoms with Crippen molar-refractivity contribution in [2.24, 2.45) is 5.41 Å². The maximum absolute atomic E-state index is 13.4. The minimum absolute atomic E-state index is 0.0109. The second-order valence-corrected chi connectivity index (χ2v) is 6.19. The van der Waals surface area contributed by atoms with Crippen LogP contribution in [0.3, 0.4) is 0 Å². The van der Waals surface area contributed by atoms with Gasteiger partial charge in [0, 0.05) is 17.8 Å². The average Bonchev–Trinajstić information content (AvgIpc) is 2.89. The van der Waals surface area contributed by atoms with Gasteiger partial charge in [-0.25, -0.2) is 4.39 Å². The number of carbonyl (C=O) groups is 1. The fourth-order valence-corrected chi connectivity index (χ4v) is 3.33. The maximum Gasteiger partial charge on any atom is 0.252 e. The van der Waals surface area contributed by atoms with Crippen LogP contribution >= 0.6 is 27.5 Å². The third-order valence-corrected chi connectivity index (χ3v) is 5.14. The quantitative estimate of drug-likeness (QED) is 0.815. The number of amides is 1. The molecule has 0 unspecified atom stereocenters. The Bertz CT molecular complexity index is 475. The number of nitrogens with one attached hydrogen (secondary N) is 1. The van der Waals surface area contributed by atoms with Crippen LogP contribution in [0.2, 0.25) is 0 Å². The van der Waals surface area contributed by atoms with Crippen LogP contribution in [0, 0.1) is 11.2 Å². The molecule has 0 bridgehead atoms. The molecule has 2 nitrogen and oxygen atoms in total. The lowest BCUT2D eigenvalue weighted by molar-refractivity contribution is 0.0933. The summed E-state index contributed by atoms with van der Waals surface area (Å²) >= 11 is 9.13. The Morgan fingerprint density at radius 2 is 2.11 bits per heavy atom. The van der Waals surface area contributed by atoms with E-state index >= 15 is 0 Å². The van der Waals surface area contributed by atoms with Crippen LogP contribution in [0.15, 0.2) is 22.7 Å². The topological polar surface area (TPSA) is 29.1 Å². The summed E-state index contributed by atoms with van der Waals surface area (Å²) in [6, 6.07) is 4.45. The van der Waals surface area contributed by atoms with Gasteiger partial charge in [-0.1, -0.05) is 18.9 Å². The lowest BCUT2D eigenvalue weighted by Crippen LogP contribution is -2.37. The molecular formula is C14H16BrClFNO. The SMILES string of the molecule is O=C(NCC1(CCl)CCCC1)c1cccc(F)c1Br. The minimum atomic E-state index is -0.430. The van der Waals surface area contributed by atoms with Gasteiger partial charge in [-0.15, -0.1) is 11.6 Å². The van der Waals surface area contributed by atoms with Crippen molar-refractivity contribution in [2.45, 2.75) is 25.7 Å². The van der Waals surface area contributed by atoms with Crippen molar-refractivity contribution in [2.75, 3.05) is 12.4 Å². The number of rotatable bonds is 4. The normalized spacial score (nSPS) is 17.4. The first-order valence-electron chi connectivity index (χ1n) is 6.36. The summed E-state index contributed by atoms with van der Waals surface area (Å²) < 4.78 is 13.6. The largest absolute Gasteiger partial charge is 0.351 e. The van der Waals surface area contributed by atoms with Crippen molar-refractivity contribution < 1.29 is 9.18 Å². The highest BCUT2D eigenvalue weighted by atomic mass is 79.9. The number of carbonyl (C=O) groups excluding carboxylic acids is 1. The van der Waals surface area contributed by atoms with E-state index in [4.69, 9.17) is 11.6 Å². The van der Waals surface area contributed by atoms with E-state index in [-0.39, 0.29) is 15.8 Å². The fraction of sp³-hybridized carbons (Fsp3) is 0.500. The first kappa shape index (κ1) is 14.8. The van der Waals surface area contributed by atoms with E-state index in [0.29, 0.717) is 18.0 Å². The predicted octanol–water partition coefficient (Wildman–Crippen LogP) is 4.12. The number of benzene rings is 1. The molecule has 0 aliphatic heterocycles. The zero-order valence-electron chi connectivity index (χ0n) is 10.5. The Morgan fingerprint density at radius 1 is 1.42 bits per heavy atom. The summed E-state index contributed by atoms with van der Waals surface area (Å²) in [4.78, 5) is 12.1. The maximum atomic E-state index is 13.4. The fourth-order valence-electron chi connectivity index (χ4n) is 2.52. The average molecular weight is 349 g/mol. The van der Waals surface area contributed by atoms with Crippen LogP contribution in [0.4, 0.5) is 4.39 Å². The number of hydrogen-bond acceptors (Lipinski definition) is 1. The van der Waals surface area contributed by atoms with Crippen molar-refractivity contribution in [3.8, 4) is 0 Å². The molecule has 0 radical (unpaired) electrons. The molecule has 104 valence electrons. The second-order valence-electron chi connectivity index (χ2n) is 5.12. The van der Waals surface area contributed by atoms with Gasteiger partial charge in [0.25, 0.3) is 5.91 Å². The number of halogens is 3. The van der Waals surface area contributed by atoms with Gasteiger partial charge in [0.05, 0.1) is 10.0 Å². The summed E-state index contributed by atoms with van der Waals surface area (Å²) in [5.74, 6) is -0.138. The van der Waals surface area contributed by atoms with Crippen molar-refractivity contribution >= 4 is 33.4 Å². The number of alkyl halides is 1. The van der Waals surface area contributed by atoms with Gasteiger partial charge in [-0.3, -0.25) is 4.79 Å². The van der Waals surface area contributed by atoms with E-state index in [9.17, 15) is 9.18 Å². The van der Waals surface area contributed by atoms with E-state index < -0.39 is 5.82 Å². The Balaban J connectivity index is 2.03. The summed E-state index contributed by atoms with van der Waals surface area (Å²) in [6.07, 6.45) is 4.40. The molecular weight excluding hydrogens is 333 g/mol. The minimum Gasteiger partial charge on any atom is -0.351 e. The molecule has 0 spiro atoms. The molecule has 1 aromatic rings.